The highest BCUT2D eigenvalue weighted by molar-refractivity contribution is 6.42. The van der Waals surface area contributed by atoms with Crippen LogP contribution in [-0.4, -0.2) is 21.9 Å². The highest BCUT2D eigenvalue weighted by atomic mass is 35.5. The van der Waals surface area contributed by atoms with Gasteiger partial charge in [-0.05, 0) is 62.1 Å². The molecule has 0 bridgehead atoms. The van der Waals surface area contributed by atoms with E-state index in [1.807, 2.05) is 4.90 Å². The molecule has 0 fully saturated rings. The van der Waals surface area contributed by atoms with Crippen LogP contribution in [0, 0.1) is 6.92 Å². The number of carbonyl (C=O) groups is 1. The molecule has 2 heterocycles. The minimum Gasteiger partial charge on any atom is -0.341 e. The molecule has 1 aromatic heterocycles. The maximum absolute atomic E-state index is 13.3. The predicted octanol–water partition coefficient (Wildman–Crippen LogP) is 5.79. The van der Waals surface area contributed by atoms with E-state index in [1.54, 1.807) is 18.2 Å². The Kier molecular flexibility index (Phi) is 3.99. The van der Waals surface area contributed by atoms with Gasteiger partial charge < -0.3 is 9.47 Å². The Labute approximate surface area is 168 Å². The Balaban J connectivity index is 1.60. The van der Waals surface area contributed by atoms with Crippen LogP contribution in [0.1, 0.15) is 46.1 Å². The maximum atomic E-state index is 13.3. The van der Waals surface area contributed by atoms with Crippen LogP contribution in [0.25, 0.3) is 10.9 Å². The summed E-state index contributed by atoms with van der Waals surface area (Å²) in [5.41, 5.74) is 5.96. The molecule has 0 spiro atoms. The molecule has 3 aromatic rings. The first-order valence-electron chi connectivity index (χ1n) is 9.42. The molecule has 0 saturated heterocycles. The lowest BCUT2D eigenvalue weighted by atomic mass is 9.89. The van der Waals surface area contributed by atoms with Crippen LogP contribution in [0.5, 0.6) is 0 Å². The molecule has 0 radical (unpaired) electrons. The molecular formula is C22H20Cl2N2O. The average Bonchev–Trinajstić information content (AvgIpc) is 2.99. The number of aromatic nitrogens is 1. The zero-order valence-electron chi connectivity index (χ0n) is 15.1. The highest BCUT2D eigenvalue weighted by Gasteiger charge is 2.37. The summed E-state index contributed by atoms with van der Waals surface area (Å²) >= 11 is 12.2. The molecule has 2 aliphatic rings. The van der Waals surface area contributed by atoms with Crippen molar-refractivity contribution in [2.75, 3.05) is 6.54 Å². The Morgan fingerprint density at radius 2 is 1.93 bits per heavy atom. The van der Waals surface area contributed by atoms with Crippen molar-refractivity contribution < 1.29 is 4.79 Å². The molecule has 0 unspecified atom stereocenters. The molecule has 1 atom stereocenters. The molecular weight excluding hydrogens is 379 g/mol. The first-order chi connectivity index (χ1) is 13.0. The fraction of sp³-hybridized carbons (Fsp3) is 0.318. The van der Waals surface area contributed by atoms with Crippen molar-refractivity contribution in [1.29, 1.82) is 0 Å². The van der Waals surface area contributed by atoms with E-state index in [1.165, 1.54) is 27.7 Å². The number of amides is 1. The van der Waals surface area contributed by atoms with Gasteiger partial charge in [-0.25, -0.2) is 0 Å². The van der Waals surface area contributed by atoms with Gasteiger partial charge in [-0.15, -0.1) is 0 Å². The fourth-order valence-corrected chi connectivity index (χ4v) is 5.05. The van der Waals surface area contributed by atoms with Gasteiger partial charge in [0.2, 0.25) is 0 Å². The van der Waals surface area contributed by atoms with Crippen LogP contribution < -0.4 is 0 Å². The lowest BCUT2D eigenvalue weighted by molar-refractivity contribution is 0.0601. The Morgan fingerprint density at radius 3 is 2.74 bits per heavy atom. The van der Waals surface area contributed by atoms with Gasteiger partial charge in [0.1, 0.15) is 0 Å². The maximum Gasteiger partial charge on any atom is 0.254 e. The Morgan fingerprint density at radius 1 is 1.07 bits per heavy atom. The summed E-state index contributed by atoms with van der Waals surface area (Å²) in [5.74, 6) is 0.0408. The number of hydrogen-bond donors (Lipinski definition) is 0. The molecule has 1 aliphatic carbocycles. The van der Waals surface area contributed by atoms with Crippen molar-refractivity contribution in [3.8, 4) is 0 Å². The van der Waals surface area contributed by atoms with Crippen molar-refractivity contribution in [3.05, 3.63) is 68.8 Å². The normalized spacial score (nSPS) is 18.6. The van der Waals surface area contributed by atoms with E-state index in [-0.39, 0.29) is 11.9 Å². The van der Waals surface area contributed by atoms with Gasteiger partial charge in [-0.3, -0.25) is 4.79 Å². The SMILES string of the molecule is Cc1ccc2c(c1)c1c3n2CCN(C(=O)c2ccc(Cl)c(Cl)c2)[C@H]3CCC1. The van der Waals surface area contributed by atoms with E-state index in [0.717, 1.165) is 25.8 Å². The van der Waals surface area contributed by atoms with Crippen LogP contribution in [-0.2, 0) is 13.0 Å². The van der Waals surface area contributed by atoms with E-state index >= 15 is 0 Å². The van der Waals surface area contributed by atoms with Crippen LogP contribution in [0.4, 0.5) is 0 Å². The largest absolute Gasteiger partial charge is 0.341 e. The minimum atomic E-state index is 0.0408. The third kappa shape index (κ3) is 2.60. The Bertz CT molecular complexity index is 1090. The monoisotopic (exact) mass is 398 g/mol. The molecule has 3 nitrogen and oxygen atoms in total. The van der Waals surface area contributed by atoms with Crippen molar-refractivity contribution in [1.82, 2.24) is 9.47 Å². The topological polar surface area (TPSA) is 25.2 Å². The molecule has 5 rings (SSSR count). The van der Waals surface area contributed by atoms with Gasteiger partial charge in [-0.2, -0.15) is 0 Å². The number of halogens is 2. The molecule has 1 amide bonds. The lowest BCUT2D eigenvalue weighted by Gasteiger charge is -2.40. The van der Waals surface area contributed by atoms with Crippen LogP contribution in [0.2, 0.25) is 10.0 Å². The highest BCUT2D eigenvalue weighted by Crippen LogP contribution is 2.43. The van der Waals surface area contributed by atoms with E-state index in [4.69, 9.17) is 23.2 Å². The number of benzene rings is 2. The first-order valence-corrected chi connectivity index (χ1v) is 10.2. The van der Waals surface area contributed by atoms with Gasteiger partial charge in [0.15, 0.2) is 0 Å². The Hall–Kier alpha value is -1.97. The van der Waals surface area contributed by atoms with Crippen LogP contribution >= 0.6 is 23.2 Å². The van der Waals surface area contributed by atoms with E-state index in [0.29, 0.717) is 22.2 Å². The summed E-state index contributed by atoms with van der Waals surface area (Å²) in [5, 5.41) is 2.26. The smallest absolute Gasteiger partial charge is 0.254 e. The summed E-state index contributed by atoms with van der Waals surface area (Å²) in [7, 11) is 0. The van der Waals surface area contributed by atoms with Gasteiger partial charge >= 0.3 is 0 Å². The minimum absolute atomic E-state index is 0.0408. The van der Waals surface area contributed by atoms with E-state index in [9.17, 15) is 4.79 Å². The summed E-state index contributed by atoms with van der Waals surface area (Å²) in [6.07, 6.45) is 3.21. The second-order valence-corrected chi connectivity index (χ2v) is 8.39. The fourth-order valence-electron chi connectivity index (χ4n) is 4.76. The number of rotatable bonds is 1. The van der Waals surface area contributed by atoms with Gasteiger partial charge in [0.05, 0.1) is 16.1 Å². The zero-order chi connectivity index (χ0) is 18.7. The number of hydrogen-bond acceptors (Lipinski definition) is 1. The third-order valence-electron chi connectivity index (χ3n) is 5.96. The third-order valence-corrected chi connectivity index (χ3v) is 6.70. The molecule has 138 valence electrons. The molecule has 0 N–H and O–H groups in total. The van der Waals surface area contributed by atoms with Crippen LogP contribution in [0.15, 0.2) is 36.4 Å². The van der Waals surface area contributed by atoms with Gasteiger partial charge in [-0.1, -0.05) is 34.8 Å². The van der Waals surface area contributed by atoms with E-state index < -0.39 is 0 Å². The number of aryl methyl sites for hydroxylation is 2. The zero-order valence-corrected chi connectivity index (χ0v) is 16.6. The summed E-state index contributed by atoms with van der Waals surface area (Å²) in [4.78, 5) is 15.3. The van der Waals surface area contributed by atoms with Gasteiger partial charge in [0, 0.05) is 35.2 Å². The van der Waals surface area contributed by atoms with Crippen LogP contribution in [0.3, 0.4) is 0 Å². The second-order valence-electron chi connectivity index (χ2n) is 7.57. The summed E-state index contributed by atoms with van der Waals surface area (Å²) in [6, 6.07) is 12.0. The van der Waals surface area contributed by atoms with Crippen molar-refractivity contribution >= 4 is 40.0 Å². The average molecular weight is 399 g/mol. The van der Waals surface area contributed by atoms with Crippen molar-refractivity contribution in [2.45, 2.75) is 38.8 Å². The van der Waals surface area contributed by atoms with Gasteiger partial charge in [0.25, 0.3) is 5.91 Å². The summed E-state index contributed by atoms with van der Waals surface area (Å²) in [6.45, 7) is 3.69. The molecule has 0 saturated carbocycles. The molecule has 27 heavy (non-hydrogen) atoms. The number of fused-ring (bicyclic) bond motifs is 3. The standard InChI is InChI=1S/C22H20Cl2N2O/c1-13-5-8-19-16(11-13)15-3-2-4-20-21(15)25(19)9-10-26(20)22(27)14-6-7-17(23)18(24)12-14/h5-8,11-12,20H,2-4,9-10H2,1H3/t20-/m0/s1. The first kappa shape index (κ1) is 17.2. The number of carbonyl (C=O) groups excluding carboxylic acids is 1. The molecule has 2 aromatic carbocycles. The van der Waals surface area contributed by atoms with Crippen molar-refractivity contribution in [2.24, 2.45) is 0 Å². The predicted molar refractivity (Wildman–Crippen MR) is 110 cm³/mol. The molecule has 1 aliphatic heterocycles. The van der Waals surface area contributed by atoms with Crippen molar-refractivity contribution in [3.63, 3.8) is 0 Å². The summed E-state index contributed by atoms with van der Waals surface area (Å²) < 4.78 is 2.44. The second kappa shape index (κ2) is 6.29. The number of nitrogens with zero attached hydrogens (tertiary/aromatic N) is 2. The van der Waals surface area contributed by atoms with E-state index in [2.05, 4.69) is 29.7 Å². The lowest BCUT2D eigenvalue weighted by Crippen LogP contribution is -2.43. The quantitative estimate of drug-likeness (QED) is 0.509. The molecule has 5 heteroatoms.